The highest BCUT2D eigenvalue weighted by Gasteiger charge is 2.33. The van der Waals surface area contributed by atoms with Crippen LogP contribution in [0.4, 0.5) is 9.93 Å². The van der Waals surface area contributed by atoms with Gasteiger partial charge in [0.15, 0.2) is 0 Å². The second-order valence-corrected chi connectivity index (χ2v) is 9.97. The van der Waals surface area contributed by atoms with E-state index in [4.69, 9.17) is 27.9 Å². The van der Waals surface area contributed by atoms with E-state index in [1.807, 2.05) is 0 Å². The van der Waals surface area contributed by atoms with Crippen LogP contribution in [0, 0.1) is 0 Å². The fourth-order valence-corrected chi connectivity index (χ4v) is 5.59. The Morgan fingerprint density at radius 2 is 1.90 bits per heavy atom. The maximum Gasteiger partial charge on any atom is 0.409 e. The van der Waals surface area contributed by atoms with Crippen molar-refractivity contribution in [1.29, 1.82) is 0 Å². The molecule has 3 rings (SSSR count). The van der Waals surface area contributed by atoms with Gasteiger partial charge in [0.05, 0.1) is 17.2 Å². The molecule has 2 heterocycles. The Morgan fingerprint density at radius 3 is 2.53 bits per heavy atom. The molecule has 0 radical (unpaired) electrons. The van der Waals surface area contributed by atoms with Crippen LogP contribution in [0.15, 0.2) is 22.5 Å². The van der Waals surface area contributed by atoms with Crippen molar-refractivity contribution in [2.75, 3.05) is 38.1 Å². The minimum absolute atomic E-state index is 0.00903. The fraction of sp³-hybridized carbons (Fsp3) is 0.375. The number of anilines is 1. The summed E-state index contributed by atoms with van der Waals surface area (Å²) < 4.78 is 31.5. The van der Waals surface area contributed by atoms with Gasteiger partial charge in [-0.15, -0.1) is 10.2 Å². The van der Waals surface area contributed by atoms with Crippen molar-refractivity contribution >= 4 is 61.7 Å². The predicted octanol–water partition coefficient (Wildman–Crippen LogP) is 2.56. The zero-order valence-corrected chi connectivity index (χ0v) is 18.8. The fourth-order valence-electron chi connectivity index (χ4n) is 2.64. The number of nitrogens with zero attached hydrogens (tertiary/aromatic N) is 4. The van der Waals surface area contributed by atoms with Crippen molar-refractivity contribution in [2.45, 2.75) is 11.3 Å². The summed E-state index contributed by atoms with van der Waals surface area (Å²) in [6.45, 7) is 2.56. The van der Waals surface area contributed by atoms with E-state index in [2.05, 4.69) is 15.5 Å². The van der Waals surface area contributed by atoms with E-state index < -0.39 is 22.0 Å². The van der Waals surface area contributed by atoms with E-state index in [-0.39, 0.29) is 52.8 Å². The summed E-state index contributed by atoms with van der Waals surface area (Å²) in [5, 5.41) is 10.4. The number of hydrogen-bond acceptors (Lipinski definition) is 8. The number of benzene rings is 1. The molecule has 1 aliphatic rings. The summed E-state index contributed by atoms with van der Waals surface area (Å²) in [4.78, 5) is 25.5. The third-order valence-corrected chi connectivity index (χ3v) is 7.76. The van der Waals surface area contributed by atoms with E-state index >= 15 is 0 Å². The average Bonchev–Trinajstić information content (AvgIpc) is 3.17. The lowest BCUT2D eigenvalue weighted by Gasteiger charge is -2.32. The monoisotopic (exact) mass is 493 g/mol. The summed E-state index contributed by atoms with van der Waals surface area (Å²) in [7, 11) is -3.91. The molecular formula is C16H17Cl2N5O5S2. The highest BCUT2D eigenvalue weighted by atomic mass is 35.5. The largest absolute Gasteiger partial charge is 0.450 e. The van der Waals surface area contributed by atoms with E-state index in [0.717, 1.165) is 11.3 Å². The summed E-state index contributed by atoms with van der Waals surface area (Å²) in [6.07, 6.45) is -0.476. The zero-order chi connectivity index (χ0) is 21.9. The number of amides is 2. The van der Waals surface area contributed by atoms with Crippen LogP contribution in [0.25, 0.3) is 0 Å². The molecule has 1 saturated heterocycles. The van der Waals surface area contributed by atoms with Crippen molar-refractivity contribution in [3.05, 3.63) is 33.8 Å². The first-order chi connectivity index (χ1) is 14.2. The topological polar surface area (TPSA) is 122 Å². The Bertz CT molecular complexity index is 1050. The molecule has 162 valence electrons. The maximum atomic E-state index is 12.8. The number of carbonyl (C=O) groups is 2. The van der Waals surface area contributed by atoms with E-state index in [1.54, 1.807) is 6.92 Å². The molecule has 1 aliphatic heterocycles. The molecule has 2 aromatic rings. The standard InChI is InChI=1S/C16H17Cl2N5O5S2/c1-2-28-16(25)22-5-7-23(8-6-22)30(26,27)15-21-20-14(29-15)19-13(24)11-4-3-10(17)9-12(11)18/h3-4,9H,2,5-8H2,1H3,(H,19,20,24). The lowest BCUT2D eigenvalue weighted by Crippen LogP contribution is -2.50. The number of nitrogens with one attached hydrogen (secondary N) is 1. The number of piperazine rings is 1. The van der Waals surface area contributed by atoms with Gasteiger partial charge < -0.3 is 9.64 Å². The van der Waals surface area contributed by atoms with Crippen LogP contribution in [0.3, 0.4) is 0 Å². The second kappa shape index (κ2) is 9.43. The van der Waals surface area contributed by atoms with Gasteiger partial charge in [0.25, 0.3) is 15.9 Å². The van der Waals surface area contributed by atoms with Gasteiger partial charge in [-0.2, -0.15) is 4.31 Å². The van der Waals surface area contributed by atoms with Crippen molar-refractivity contribution in [2.24, 2.45) is 0 Å². The molecule has 1 fully saturated rings. The molecule has 14 heteroatoms. The van der Waals surface area contributed by atoms with E-state index in [0.29, 0.717) is 5.02 Å². The van der Waals surface area contributed by atoms with Crippen LogP contribution in [0.5, 0.6) is 0 Å². The first kappa shape index (κ1) is 22.7. The number of hydrogen-bond donors (Lipinski definition) is 1. The van der Waals surface area contributed by atoms with Crippen LogP contribution in [0.1, 0.15) is 17.3 Å². The van der Waals surface area contributed by atoms with Gasteiger partial charge in [-0.05, 0) is 25.1 Å². The molecule has 30 heavy (non-hydrogen) atoms. The predicted molar refractivity (Wildman–Crippen MR) is 112 cm³/mol. The first-order valence-corrected chi connectivity index (χ1v) is 11.8. The van der Waals surface area contributed by atoms with E-state index in [1.165, 1.54) is 27.4 Å². The Kier molecular flexibility index (Phi) is 7.14. The molecule has 0 spiro atoms. The smallest absolute Gasteiger partial charge is 0.409 e. The summed E-state index contributed by atoms with van der Waals surface area (Å²) >= 11 is 12.5. The van der Waals surface area contributed by atoms with Gasteiger partial charge in [-0.1, -0.05) is 34.5 Å². The molecule has 0 saturated carbocycles. The van der Waals surface area contributed by atoms with Crippen molar-refractivity contribution in [3.63, 3.8) is 0 Å². The zero-order valence-electron chi connectivity index (χ0n) is 15.7. The average molecular weight is 494 g/mol. The van der Waals surface area contributed by atoms with Gasteiger partial charge in [0.1, 0.15) is 0 Å². The third kappa shape index (κ3) is 5.01. The highest BCUT2D eigenvalue weighted by molar-refractivity contribution is 7.91. The third-order valence-electron chi connectivity index (χ3n) is 4.13. The molecular weight excluding hydrogens is 477 g/mol. The number of ether oxygens (including phenoxy) is 1. The molecule has 2 amide bonds. The number of rotatable bonds is 5. The lowest BCUT2D eigenvalue weighted by molar-refractivity contribution is 0.0933. The molecule has 0 unspecified atom stereocenters. The van der Waals surface area contributed by atoms with Crippen molar-refractivity contribution in [3.8, 4) is 0 Å². The van der Waals surface area contributed by atoms with Crippen molar-refractivity contribution in [1.82, 2.24) is 19.4 Å². The highest BCUT2D eigenvalue weighted by Crippen LogP contribution is 2.26. The SMILES string of the molecule is CCOC(=O)N1CCN(S(=O)(=O)c2nnc(NC(=O)c3ccc(Cl)cc3Cl)s2)CC1. The van der Waals surface area contributed by atoms with Gasteiger partial charge in [0.2, 0.25) is 9.47 Å². The first-order valence-electron chi connectivity index (χ1n) is 8.74. The molecule has 1 aromatic carbocycles. The number of aromatic nitrogens is 2. The minimum Gasteiger partial charge on any atom is -0.450 e. The van der Waals surface area contributed by atoms with Crippen LogP contribution < -0.4 is 5.32 Å². The van der Waals surface area contributed by atoms with Crippen LogP contribution >= 0.6 is 34.5 Å². The summed E-state index contributed by atoms with van der Waals surface area (Å²) in [5.41, 5.74) is 0.163. The maximum absolute atomic E-state index is 12.8. The van der Waals surface area contributed by atoms with Gasteiger partial charge >= 0.3 is 6.09 Å². The molecule has 1 aromatic heterocycles. The molecule has 0 aliphatic carbocycles. The quantitative estimate of drug-likeness (QED) is 0.634. The Hall–Kier alpha value is -1.99. The van der Waals surface area contributed by atoms with Crippen molar-refractivity contribution < 1.29 is 22.7 Å². The summed E-state index contributed by atoms with van der Waals surface area (Å²) in [5.74, 6) is -0.570. The van der Waals surface area contributed by atoms with Gasteiger partial charge in [0, 0.05) is 31.2 Å². The Morgan fingerprint density at radius 1 is 1.20 bits per heavy atom. The van der Waals surface area contributed by atoms with Crippen LogP contribution in [-0.4, -0.2) is 72.6 Å². The molecule has 10 nitrogen and oxygen atoms in total. The Labute approximate surface area is 186 Å². The molecule has 0 atom stereocenters. The normalized spacial score (nSPS) is 15.1. The number of carbonyl (C=O) groups excluding carboxylic acids is 2. The minimum atomic E-state index is -3.91. The van der Waals surface area contributed by atoms with Gasteiger partial charge in [-0.3, -0.25) is 10.1 Å². The summed E-state index contributed by atoms with van der Waals surface area (Å²) in [6, 6.07) is 4.37. The Balaban J connectivity index is 1.66. The lowest BCUT2D eigenvalue weighted by atomic mass is 10.2. The molecule has 1 N–H and O–H groups in total. The number of halogens is 2. The second-order valence-electron chi connectivity index (χ2n) is 6.04. The number of sulfonamides is 1. The van der Waals surface area contributed by atoms with E-state index in [9.17, 15) is 18.0 Å². The van der Waals surface area contributed by atoms with Gasteiger partial charge in [-0.25, -0.2) is 13.2 Å². The molecule has 0 bridgehead atoms. The van der Waals surface area contributed by atoms with Crippen LogP contribution in [0.2, 0.25) is 10.0 Å². The van der Waals surface area contributed by atoms with Crippen LogP contribution in [-0.2, 0) is 14.8 Å².